The number of rotatable bonds is 3. The minimum absolute atomic E-state index is 0.861. The summed E-state index contributed by atoms with van der Waals surface area (Å²) in [5.74, 6) is 0. The summed E-state index contributed by atoms with van der Waals surface area (Å²) in [6.45, 7) is 4.33. The van der Waals surface area contributed by atoms with Crippen LogP contribution in [-0.2, 0) is 4.74 Å². The van der Waals surface area contributed by atoms with Crippen LogP contribution in [0.1, 0.15) is 12.8 Å². The smallest absolute Gasteiger partial charge is 0.0589 e. The van der Waals surface area contributed by atoms with E-state index in [1.165, 1.54) is 25.9 Å². The molecule has 1 aliphatic heterocycles. The van der Waals surface area contributed by atoms with Gasteiger partial charge in [0.15, 0.2) is 0 Å². The van der Waals surface area contributed by atoms with Crippen LogP contribution in [0, 0.1) is 0 Å². The van der Waals surface area contributed by atoms with Crippen LogP contribution in [0.4, 0.5) is 0 Å². The van der Waals surface area contributed by atoms with Gasteiger partial charge in [-0.2, -0.15) is 0 Å². The number of hydrogen-bond donors (Lipinski definition) is 0. The Morgan fingerprint density at radius 1 is 1.27 bits per heavy atom. The van der Waals surface area contributed by atoms with Crippen molar-refractivity contribution in [2.24, 2.45) is 0 Å². The normalized spacial score (nSPS) is 20.1. The molecular weight excluding hydrogens is 138 g/mol. The molecule has 2 heteroatoms. The lowest BCUT2D eigenvalue weighted by atomic mass is 10.4. The summed E-state index contributed by atoms with van der Waals surface area (Å²) in [4.78, 5) is 2.45. The monoisotopic (exact) mass is 155 g/mol. The predicted octanol–water partition coefficient (Wildman–Crippen LogP) is 1.28. The fourth-order valence-electron chi connectivity index (χ4n) is 1.31. The van der Waals surface area contributed by atoms with Crippen molar-refractivity contribution in [1.82, 2.24) is 4.90 Å². The quantitative estimate of drug-likeness (QED) is 0.569. The third kappa shape index (κ3) is 3.54. The van der Waals surface area contributed by atoms with E-state index in [1.54, 1.807) is 7.11 Å². The first-order valence-electron chi connectivity index (χ1n) is 4.30. The van der Waals surface area contributed by atoms with Gasteiger partial charge in [0.25, 0.3) is 0 Å². The van der Waals surface area contributed by atoms with Crippen LogP contribution in [0.2, 0.25) is 0 Å². The van der Waals surface area contributed by atoms with Crippen molar-refractivity contribution in [1.29, 1.82) is 0 Å². The fourth-order valence-corrected chi connectivity index (χ4v) is 1.31. The molecule has 0 aromatic rings. The molecule has 0 radical (unpaired) electrons. The maximum atomic E-state index is 5.02. The van der Waals surface area contributed by atoms with E-state index in [9.17, 15) is 0 Å². The van der Waals surface area contributed by atoms with Gasteiger partial charge in [-0.15, -0.1) is 0 Å². The van der Waals surface area contributed by atoms with Crippen molar-refractivity contribution in [3.05, 3.63) is 12.2 Å². The summed E-state index contributed by atoms with van der Waals surface area (Å²) in [5, 5.41) is 0. The Kier molecular flexibility index (Phi) is 4.24. The average Bonchev–Trinajstić information content (AvgIpc) is 2.28. The molecule has 11 heavy (non-hydrogen) atoms. The van der Waals surface area contributed by atoms with Crippen LogP contribution < -0.4 is 0 Å². The van der Waals surface area contributed by atoms with E-state index in [1.807, 2.05) is 0 Å². The Hall–Kier alpha value is -0.340. The molecule has 0 N–H and O–H groups in total. The number of hydrogen-bond acceptors (Lipinski definition) is 2. The van der Waals surface area contributed by atoms with Gasteiger partial charge in [-0.1, -0.05) is 12.2 Å². The molecule has 1 rings (SSSR count). The standard InChI is InChI=1S/C9H17NO/c1-11-9-8-10-6-4-2-3-5-7-10/h2-3H,4-9H2,1H3. The molecule has 0 atom stereocenters. The molecule has 0 aromatic heterocycles. The molecule has 0 aliphatic carbocycles. The van der Waals surface area contributed by atoms with Gasteiger partial charge in [0.2, 0.25) is 0 Å². The summed E-state index contributed by atoms with van der Waals surface area (Å²) in [7, 11) is 1.76. The van der Waals surface area contributed by atoms with E-state index < -0.39 is 0 Å². The zero-order valence-corrected chi connectivity index (χ0v) is 7.25. The van der Waals surface area contributed by atoms with Gasteiger partial charge in [-0.3, -0.25) is 0 Å². The minimum atomic E-state index is 0.861. The van der Waals surface area contributed by atoms with Crippen LogP contribution in [0.5, 0.6) is 0 Å². The molecule has 1 heterocycles. The van der Waals surface area contributed by atoms with Gasteiger partial charge >= 0.3 is 0 Å². The first-order chi connectivity index (χ1) is 5.43. The van der Waals surface area contributed by atoms with Gasteiger partial charge < -0.3 is 9.64 Å². The van der Waals surface area contributed by atoms with Crippen LogP contribution in [0.3, 0.4) is 0 Å². The highest BCUT2D eigenvalue weighted by Crippen LogP contribution is 2.01. The molecule has 64 valence electrons. The zero-order chi connectivity index (χ0) is 7.94. The van der Waals surface area contributed by atoms with Crippen molar-refractivity contribution in [3.8, 4) is 0 Å². The third-order valence-corrected chi connectivity index (χ3v) is 2.00. The molecule has 2 nitrogen and oxygen atoms in total. The maximum absolute atomic E-state index is 5.02. The SMILES string of the molecule is COCCN1CCC=CCC1. The Balaban J connectivity index is 2.13. The van der Waals surface area contributed by atoms with E-state index in [0.717, 1.165) is 13.2 Å². The topological polar surface area (TPSA) is 12.5 Å². The lowest BCUT2D eigenvalue weighted by Crippen LogP contribution is -2.28. The van der Waals surface area contributed by atoms with Crippen LogP contribution >= 0.6 is 0 Å². The molecule has 0 saturated heterocycles. The van der Waals surface area contributed by atoms with Crippen molar-refractivity contribution >= 4 is 0 Å². The van der Waals surface area contributed by atoms with Gasteiger partial charge in [0, 0.05) is 26.7 Å². The molecule has 0 unspecified atom stereocenters. The molecule has 0 fully saturated rings. The largest absolute Gasteiger partial charge is 0.383 e. The van der Waals surface area contributed by atoms with Crippen LogP contribution in [-0.4, -0.2) is 38.3 Å². The lowest BCUT2D eigenvalue weighted by molar-refractivity contribution is 0.151. The highest BCUT2D eigenvalue weighted by Gasteiger charge is 2.03. The molecule has 0 saturated carbocycles. The maximum Gasteiger partial charge on any atom is 0.0589 e. The second-order valence-electron chi connectivity index (χ2n) is 2.88. The highest BCUT2D eigenvalue weighted by atomic mass is 16.5. The molecule has 0 aromatic carbocycles. The van der Waals surface area contributed by atoms with Crippen LogP contribution in [0.15, 0.2) is 12.2 Å². The molecule has 0 amide bonds. The number of ether oxygens (including phenoxy) is 1. The van der Waals surface area contributed by atoms with Crippen LogP contribution in [0.25, 0.3) is 0 Å². The van der Waals surface area contributed by atoms with Crippen molar-refractivity contribution < 1.29 is 4.74 Å². The zero-order valence-electron chi connectivity index (χ0n) is 7.25. The fraction of sp³-hybridized carbons (Fsp3) is 0.778. The Bertz CT molecular complexity index is 113. The minimum Gasteiger partial charge on any atom is -0.383 e. The second-order valence-corrected chi connectivity index (χ2v) is 2.88. The van der Waals surface area contributed by atoms with E-state index in [-0.39, 0.29) is 0 Å². The van der Waals surface area contributed by atoms with Crippen molar-refractivity contribution in [2.45, 2.75) is 12.8 Å². The Morgan fingerprint density at radius 3 is 2.45 bits per heavy atom. The van der Waals surface area contributed by atoms with Gasteiger partial charge in [0.05, 0.1) is 6.61 Å². The molecule has 0 spiro atoms. The molecule has 1 aliphatic rings. The van der Waals surface area contributed by atoms with Gasteiger partial charge in [0.1, 0.15) is 0 Å². The summed E-state index contributed by atoms with van der Waals surface area (Å²) in [6, 6.07) is 0. The summed E-state index contributed by atoms with van der Waals surface area (Å²) >= 11 is 0. The third-order valence-electron chi connectivity index (χ3n) is 2.00. The van der Waals surface area contributed by atoms with Crippen molar-refractivity contribution in [3.63, 3.8) is 0 Å². The van der Waals surface area contributed by atoms with Gasteiger partial charge in [-0.25, -0.2) is 0 Å². The summed E-state index contributed by atoms with van der Waals surface area (Å²) in [5.41, 5.74) is 0. The highest BCUT2D eigenvalue weighted by molar-refractivity contribution is 4.86. The predicted molar refractivity (Wildman–Crippen MR) is 46.7 cm³/mol. The van der Waals surface area contributed by atoms with E-state index in [4.69, 9.17) is 4.74 Å². The first kappa shape index (κ1) is 8.75. The summed E-state index contributed by atoms with van der Waals surface area (Å²) < 4.78 is 5.02. The lowest BCUT2D eigenvalue weighted by Gasteiger charge is -2.18. The van der Waals surface area contributed by atoms with Gasteiger partial charge in [-0.05, 0) is 12.8 Å². The Labute approximate surface area is 68.8 Å². The van der Waals surface area contributed by atoms with Crippen molar-refractivity contribution in [2.75, 3.05) is 33.4 Å². The van der Waals surface area contributed by atoms with E-state index >= 15 is 0 Å². The first-order valence-corrected chi connectivity index (χ1v) is 4.30. The summed E-state index contributed by atoms with van der Waals surface area (Å²) in [6.07, 6.45) is 6.94. The number of nitrogens with zero attached hydrogens (tertiary/aromatic N) is 1. The van der Waals surface area contributed by atoms with E-state index in [2.05, 4.69) is 17.1 Å². The Morgan fingerprint density at radius 2 is 1.91 bits per heavy atom. The number of methoxy groups -OCH3 is 1. The second kappa shape index (κ2) is 5.33. The average molecular weight is 155 g/mol. The molecule has 0 bridgehead atoms. The van der Waals surface area contributed by atoms with E-state index in [0.29, 0.717) is 0 Å². The molecular formula is C9H17NO.